The van der Waals surface area contributed by atoms with Crippen LogP contribution in [-0.2, 0) is 6.42 Å². The highest BCUT2D eigenvalue weighted by atomic mass is 19.1. The molecule has 0 aliphatic carbocycles. The van der Waals surface area contributed by atoms with E-state index in [1.165, 1.54) is 17.7 Å². The molecule has 1 aliphatic heterocycles. The zero-order valence-electron chi connectivity index (χ0n) is 14.5. The lowest BCUT2D eigenvalue weighted by atomic mass is 10.1. The first-order chi connectivity index (χ1) is 12.2. The molecule has 0 aromatic heterocycles. The molecule has 1 saturated heterocycles. The quantitative estimate of drug-likeness (QED) is 0.830. The molecule has 0 unspecified atom stereocenters. The van der Waals surface area contributed by atoms with Gasteiger partial charge in [-0.05, 0) is 62.2 Å². The minimum Gasteiger partial charge on any atom is -0.337 e. The molecule has 4 heteroatoms. The molecule has 1 fully saturated rings. The van der Waals surface area contributed by atoms with Crippen molar-refractivity contribution in [1.29, 1.82) is 0 Å². The van der Waals surface area contributed by atoms with Gasteiger partial charge in [-0.2, -0.15) is 0 Å². The van der Waals surface area contributed by atoms with Gasteiger partial charge in [-0.3, -0.25) is 4.79 Å². The van der Waals surface area contributed by atoms with Gasteiger partial charge in [0.05, 0.1) is 0 Å². The van der Waals surface area contributed by atoms with Crippen LogP contribution in [0.25, 0.3) is 0 Å². The zero-order valence-corrected chi connectivity index (χ0v) is 14.5. The van der Waals surface area contributed by atoms with Gasteiger partial charge in [0, 0.05) is 25.2 Å². The van der Waals surface area contributed by atoms with Crippen LogP contribution in [-0.4, -0.2) is 48.4 Å². The number of amides is 1. The van der Waals surface area contributed by atoms with Gasteiger partial charge in [-0.15, -0.1) is 0 Å². The third-order valence-corrected chi connectivity index (χ3v) is 4.75. The van der Waals surface area contributed by atoms with Crippen molar-refractivity contribution in [3.63, 3.8) is 0 Å². The molecule has 0 N–H and O–H groups in total. The minimum atomic E-state index is -0.308. The summed E-state index contributed by atoms with van der Waals surface area (Å²) in [6.07, 6.45) is 3.21. The van der Waals surface area contributed by atoms with Crippen LogP contribution >= 0.6 is 0 Å². The summed E-state index contributed by atoms with van der Waals surface area (Å²) in [5.74, 6) is -0.303. The van der Waals surface area contributed by atoms with Gasteiger partial charge >= 0.3 is 0 Å². The van der Waals surface area contributed by atoms with Crippen molar-refractivity contribution >= 4 is 5.91 Å². The molecule has 0 saturated carbocycles. The molecule has 0 spiro atoms. The maximum Gasteiger partial charge on any atom is 0.253 e. The van der Waals surface area contributed by atoms with E-state index in [-0.39, 0.29) is 11.7 Å². The smallest absolute Gasteiger partial charge is 0.253 e. The topological polar surface area (TPSA) is 23.6 Å². The highest BCUT2D eigenvalue weighted by molar-refractivity contribution is 5.94. The summed E-state index contributed by atoms with van der Waals surface area (Å²) in [5.41, 5.74) is 1.95. The molecule has 132 valence electrons. The number of hydrogen-bond acceptors (Lipinski definition) is 2. The Morgan fingerprint density at radius 3 is 2.44 bits per heavy atom. The minimum absolute atomic E-state index is 0.00568. The lowest BCUT2D eigenvalue weighted by Crippen LogP contribution is -2.35. The van der Waals surface area contributed by atoms with E-state index < -0.39 is 0 Å². The van der Waals surface area contributed by atoms with Gasteiger partial charge in [0.25, 0.3) is 5.91 Å². The van der Waals surface area contributed by atoms with Crippen molar-refractivity contribution in [2.45, 2.75) is 19.3 Å². The number of carbonyl (C=O) groups is 1. The molecule has 2 aromatic rings. The fourth-order valence-electron chi connectivity index (χ4n) is 3.32. The summed E-state index contributed by atoms with van der Waals surface area (Å²) in [6.45, 7) is 4.50. The van der Waals surface area contributed by atoms with E-state index in [1.807, 2.05) is 11.0 Å². The third-order valence-electron chi connectivity index (χ3n) is 4.75. The Bertz CT molecular complexity index is 672. The second-order valence-corrected chi connectivity index (χ2v) is 6.58. The van der Waals surface area contributed by atoms with Gasteiger partial charge in [0.2, 0.25) is 0 Å². The highest BCUT2D eigenvalue weighted by Crippen LogP contribution is 2.11. The number of halogens is 1. The van der Waals surface area contributed by atoms with Gasteiger partial charge in [-0.25, -0.2) is 4.39 Å². The Labute approximate surface area is 149 Å². The first-order valence-corrected chi connectivity index (χ1v) is 9.03. The molecule has 1 amide bonds. The van der Waals surface area contributed by atoms with Gasteiger partial charge in [0.15, 0.2) is 0 Å². The standard InChI is InChI=1S/C21H25FN2O/c22-20-11-9-19(10-12-20)21(25)24-15-5-14-23(16-17-24)13-4-8-18-6-2-1-3-7-18/h1-3,6-7,9-12H,4-5,8,13-17H2. The van der Waals surface area contributed by atoms with E-state index in [0.717, 1.165) is 52.0 Å². The number of benzene rings is 2. The maximum atomic E-state index is 13.0. The molecule has 1 aliphatic rings. The van der Waals surface area contributed by atoms with Crippen LogP contribution in [0, 0.1) is 5.82 Å². The van der Waals surface area contributed by atoms with Crippen molar-refractivity contribution in [1.82, 2.24) is 9.80 Å². The van der Waals surface area contributed by atoms with Gasteiger partial charge in [-0.1, -0.05) is 30.3 Å². The van der Waals surface area contributed by atoms with Crippen molar-refractivity contribution in [3.8, 4) is 0 Å². The zero-order chi connectivity index (χ0) is 17.5. The average molecular weight is 340 g/mol. The van der Waals surface area contributed by atoms with Crippen LogP contribution in [0.15, 0.2) is 54.6 Å². The van der Waals surface area contributed by atoms with Crippen molar-refractivity contribution < 1.29 is 9.18 Å². The highest BCUT2D eigenvalue weighted by Gasteiger charge is 2.20. The second-order valence-electron chi connectivity index (χ2n) is 6.58. The van der Waals surface area contributed by atoms with Crippen LogP contribution in [0.5, 0.6) is 0 Å². The number of aryl methyl sites for hydroxylation is 1. The molecule has 1 heterocycles. The maximum absolute atomic E-state index is 13.0. The molecule has 2 aromatic carbocycles. The van der Waals surface area contributed by atoms with E-state index in [9.17, 15) is 9.18 Å². The van der Waals surface area contributed by atoms with Gasteiger partial charge < -0.3 is 9.80 Å². The molecule has 0 atom stereocenters. The number of carbonyl (C=O) groups excluding carboxylic acids is 1. The van der Waals surface area contributed by atoms with Crippen LogP contribution in [0.2, 0.25) is 0 Å². The van der Waals surface area contributed by atoms with Crippen LogP contribution in [0.1, 0.15) is 28.8 Å². The molecule has 0 bridgehead atoms. The summed E-state index contributed by atoms with van der Waals surface area (Å²) in [5, 5.41) is 0. The molecule has 3 rings (SSSR count). The van der Waals surface area contributed by atoms with E-state index in [0.29, 0.717) is 5.56 Å². The van der Waals surface area contributed by atoms with E-state index in [2.05, 4.69) is 29.2 Å². The molecule has 25 heavy (non-hydrogen) atoms. The molecule has 0 radical (unpaired) electrons. The fraction of sp³-hybridized carbons (Fsp3) is 0.381. The third kappa shape index (κ3) is 5.13. The SMILES string of the molecule is O=C(c1ccc(F)cc1)N1CCCN(CCCc2ccccc2)CC1. The van der Waals surface area contributed by atoms with E-state index >= 15 is 0 Å². The monoisotopic (exact) mass is 340 g/mol. The van der Waals surface area contributed by atoms with E-state index in [1.54, 1.807) is 12.1 Å². The van der Waals surface area contributed by atoms with Gasteiger partial charge in [0.1, 0.15) is 5.82 Å². The predicted molar refractivity (Wildman–Crippen MR) is 98.1 cm³/mol. The number of rotatable bonds is 5. The number of hydrogen-bond donors (Lipinski definition) is 0. The first-order valence-electron chi connectivity index (χ1n) is 9.03. The van der Waals surface area contributed by atoms with Crippen LogP contribution in [0.3, 0.4) is 0 Å². The summed E-state index contributed by atoms with van der Waals surface area (Å²) in [4.78, 5) is 16.9. The van der Waals surface area contributed by atoms with Crippen molar-refractivity contribution in [2.24, 2.45) is 0 Å². The largest absolute Gasteiger partial charge is 0.337 e. The Morgan fingerprint density at radius 2 is 1.68 bits per heavy atom. The summed E-state index contributed by atoms with van der Waals surface area (Å²) < 4.78 is 13.0. The summed E-state index contributed by atoms with van der Waals surface area (Å²) in [6, 6.07) is 16.4. The Morgan fingerprint density at radius 1 is 0.920 bits per heavy atom. The fourth-order valence-corrected chi connectivity index (χ4v) is 3.32. The average Bonchev–Trinajstić information content (AvgIpc) is 2.88. The summed E-state index contributed by atoms with van der Waals surface area (Å²) in [7, 11) is 0. The second kappa shape index (κ2) is 8.77. The van der Waals surface area contributed by atoms with E-state index in [4.69, 9.17) is 0 Å². The Balaban J connectivity index is 1.47. The Hall–Kier alpha value is -2.20. The lowest BCUT2D eigenvalue weighted by Gasteiger charge is -2.22. The molecular weight excluding hydrogens is 315 g/mol. The first kappa shape index (κ1) is 17.6. The van der Waals surface area contributed by atoms with Crippen LogP contribution < -0.4 is 0 Å². The van der Waals surface area contributed by atoms with Crippen LogP contribution in [0.4, 0.5) is 4.39 Å². The predicted octanol–water partition coefficient (Wildman–Crippen LogP) is 3.61. The van der Waals surface area contributed by atoms with Crippen molar-refractivity contribution in [2.75, 3.05) is 32.7 Å². The molecular formula is C21H25FN2O. The Kier molecular flexibility index (Phi) is 6.18. The summed E-state index contributed by atoms with van der Waals surface area (Å²) >= 11 is 0. The lowest BCUT2D eigenvalue weighted by molar-refractivity contribution is 0.0761. The normalized spacial score (nSPS) is 15.8. The number of nitrogens with zero attached hydrogens (tertiary/aromatic N) is 2. The van der Waals surface area contributed by atoms with Crippen molar-refractivity contribution in [3.05, 3.63) is 71.5 Å². The molecule has 3 nitrogen and oxygen atoms in total.